The number of ether oxygens (including phenoxy) is 1. The van der Waals surface area contributed by atoms with E-state index in [1.165, 1.54) is 13.3 Å². The Hall–Kier alpha value is -4.40. The van der Waals surface area contributed by atoms with Gasteiger partial charge in [0.15, 0.2) is 5.96 Å². The zero-order valence-corrected chi connectivity index (χ0v) is 23.5. The van der Waals surface area contributed by atoms with Crippen LogP contribution in [0.3, 0.4) is 0 Å². The number of aliphatic imine (C=N–C) groups is 1. The average Bonchev–Trinajstić information content (AvgIpc) is 3.00. The molecule has 5 rings (SSSR count). The van der Waals surface area contributed by atoms with Gasteiger partial charge in [-0.25, -0.2) is 4.99 Å². The standard InChI is InChI=1S/C32H37N5O4/c1-21(31(40)41-2)14-28(25-17-24-7-3-4-9-29(24)33-18-25)23-10-12-37(13-11-23)30(39)16-22-6-5-8-26(15-22)36-32-34-19-27(38)20-35-32/h3-9,15,17-19,21,23,28,38H,10-14,16,20H2,1-2H3,(H2,34,35,36). The highest BCUT2D eigenvalue weighted by atomic mass is 16.5. The van der Waals surface area contributed by atoms with E-state index < -0.39 is 0 Å². The first-order valence-corrected chi connectivity index (χ1v) is 14.1. The molecule has 0 spiro atoms. The van der Waals surface area contributed by atoms with Gasteiger partial charge >= 0.3 is 5.97 Å². The van der Waals surface area contributed by atoms with Crippen LogP contribution in [0, 0.1) is 11.8 Å². The molecule has 41 heavy (non-hydrogen) atoms. The van der Waals surface area contributed by atoms with Crippen LogP contribution in [0.2, 0.25) is 0 Å². The quantitative estimate of drug-likeness (QED) is 0.343. The molecule has 9 heteroatoms. The number of guanidine groups is 1. The molecule has 3 N–H and O–H groups in total. The lowest BCUT2D eigenvalue weighted by atomic mass is 9.76. The molecule has 0 saturated carbocycles. The van der Waals surface area contributed by atoms with Crippen molar-refractivity contribution >= 4 is 34.4 Å². The molecule has 2 aliphatic rings. The summed E-state index contributed by atoms with van der Waals surface area (Å²) in [4.78, 5) is 36.5. The molecule has 0 radical (unpaired) electrons. The van der Waals surface area contributed by atoms with Crippen molar-refractivity contribution in [3.8, 4) is 0 Å². The molecule has 1 fully saturated rings. The van der Waals surface area contributed by atoms with Gasteiger partial charge in [-0.05, 0) is 66.5 Å². The van der Waals surface area contributed by atoms with E-state index in [9.17, 15) is 14.7 Å². The van der Waals surface area contributed by atoms with Crippen molar-refractivity contribution in [1.29, 1.82) is 0 Å². The number of nitrogens with zero attached hydrogens (tertiary/aromatic N) is 3. The van der Waals surface area contributed by atoms with Crippen LogP contribution in [0.15, 0.2) is 77.7 Å². The van der Waals surface area contributed by atoms with Crippen molar-refractivity contribution in [1.82, 2.24) is 15.2 Å². The summed E-state index contributed by atoms with van der Waals surface area (Å²) < 4.78 is 5.03. The van der Waals surface area contributed by atoms with Crippen LogP contribution in [0.5, 0.6) is 0 Å². The van der Waals surface area contributed by atoms with E-state index in [0.717, 1.165) is 40.6 Å². The fourth-order valence-corrected chi connectivity index (χ4v) is 5.78. The van der Waals surface area contributed by atoms with Gasteiger partial charge in [-0.2, -0.15) is 0 Å². The number of rotatable bonds is 8. The van der Waals surface area contributed by atoms with Gasteiger partial charge in [-0.1, -0.05) is 37.3 Å². The van der Waals surface area contributed by atoms with Crippen LogP contribution in [-0.2, 0) is 20.7 Å². The summed E-state index contributed by atoms with van der Waals surface area (Å²) >= 11 is 0. The first kappa shape index (κ1) is 28.1. The first-order chi connectivity index (χ1) is 19.9. The summed E-state index contributed by atoms with van der Waals surface area (Å²) in [6, 6.07) is 18.0. The molecule has 2 aromatic carbocycles. The predicted molar refractivity (Wildman–Crippen MR) is 160 cm³/mol. The maximum Gasteiger partial charge on any atom is 0.308 e. The molecule has 1 amide bonds. The van der Waals surface area contributed by atoms with Crippen LogP contribution < -0.4 is 10.6 Å². The number of aliphatic hydroxyl groups is 1. The molecule has 0 bridgehead atoms. The summed E-state index contributed by atoms with van der Waals surface area (Å²) in [7, 11) is 1.44. The number of methoxy groups -OCH3 is 1. The summed E-state index contributed by atoms with van der Waals surface area (Å²) in [6.45, 7) is 3.51. The number of anilines is 1. The number of hydrogen-bond donors (Lipinski definition) is 3. The number of pyridine rings is 1. The Balaban J connectivity index is 1.22. The van der Waals surface area contributed by atoms with Crippen molar-refractivity contribution in [3.63, 3.8) is 0 Å². The lowest BCUT2D eigenvalue weighted by Gasteiger charge is -2.37. The maximum atomic E-state index is 13.3. The van der Waals surface area contributed by atoms with Crippen molar-refractivity contribution < 1.29 is 19.4 Å². The SMILES string of the molecule is COC(=O)C(C)CC(c1cnc2ccccc2c1)C1CCN(C(=O)Cc2cccc(NC3=NCC(O)=CN3)c2)CC1. The minimum absolute atomic E-state index is 0.105. The van der Waals surface area contributed by atoms with E-state index in [0.29, 0.717) is 37.8 Å². The highest BCUT2D eigenvalue weighted by molar-refractivity contribution is 5.95. The third-order valence-electron chi connectivity index (χ3n) is 8.03. The number of hydrogen-bond acceptors (Lipinski definition) is 8. The van der Waals surface area contributed by atoms with Crippen molar-refractivity contribution in [2.24, 2.45) is 16.8 Å². The van der Waals surface area contributed by atoms with E-state index in [1.807, 2.05) is 60.5 Å². The smallest absolute Gasteiger partial charge is 0.308 e. The fraction of sp³-hybridized carbons (Fsp3) is 0.375. The number of carbonyl (C=O) groups is 2. The van der Waals surface area contributed by atoms with E-state index in [2.05, 4.69) is 27.8 Å². The van der Waals surface area contributed by atoms with Crippen LogP contribution in [0.4, 0.5) is 5.69 Å². The number of benzene rings is 2. The first-order valence-electron chi connectivity index (χ1n) is 14.1. The van der Waals surface area contributed by atoms with Crippen molar-refractivity contribution in [3.05, 3.63) is 83.9 Å². The Kier molecular flexibility index (Phi) is 8.82. The predicted octanol–water partition coefficient (Wildman–Crippen LogP) is 4.77. The van der Waals surface area contributed by atoms with E-state index in [-0.39, 0.29) is 36.0 Å². The Labute approximate surface area is 240 Å². The average molecular weight is 556 g/mol. The monoisotopic (exact) mass is 555 g/mol. The Morgan fingerprint density at radius 2 is 1.95 bits per heavy atom. The highest BCUT2D eigenvalue weighted by Gasteiger charge is 2.32. The molecular formula is C32H37N5O4. The van der Waals surface area contributed by atoms with E-state index >= 15 is 0 Å². The molecule has 2 atom stereocenters. The third kappa shape index (κ3) is 7.03. The Morgan fingerprint density at radius 3 is 2.71 bits per heavy atom. The molecule has 3 aromatic rings. The van der Waals surface area contributed by atoms with Gasteiger partial charge in [0.1, 0.15) is 12.3 Å². The van der Waals surface area contributed by atoms with Crippen molar-refractivity contribution in [2.75, 3.05) is 32.1 Å². The number of likely N-dealkylation sites (tertiary alicyclic amines) is 1. The molecule has 1 saturated heterocycles. The fourth-order valence-electron chi connectivity index (χ4n) is 5.78. The number of fused-ring (bicyclic) bond motifs is 1. The second-order valence-electron chi connectivity index (χ2n) is 10.9. The van der Waals surface area contributed by atoms with Gasteiger partial charge in [0.2, 0.25) is 5.91 Å². The number of nitrogens with one attached hydrogen (secondary N) is 2. The highest BCUT2D eigenvalue weighted by Crippen LogP contribution is 2.38. The lowest BCUT2D eigenvalue weighted by Crippen LogP contribution is -2.40. The molecule has 9 nitrogen and oxygen atoms in total. The van der Waals surface area contributed by atoms with Crippen LogP contribution >= 0.6 is 0 Å². The summed E-state index contributed by atoms with van der Waals surface area (Å²) in [5, 5.41) is 16.7. The normalized spacial score (nSPS) is 17.2. The third-order valence-corrected chi connectivity index (χ3v) is 8.03. The second-order valence-corrected chi connectivity index (χ2v) is 10.9. The van der Waals surface area contributed by atoms with E-state index in [1.54, 1.807) is 0 Å². The molecular weight excluding hydrogens is 518 g/mol. The zero-order chi connectivity index (χ0) is 28.8. The Bertz CT molecular complexity index is 1460. The van der Waals surface area contributed by atoms with Crippen molar-refractivity contribution in [2.45, 2.75) is 38.5 Å². The molecule has 1 aromatic heterocycles. The molecule has 2 unspecified atom stereocenters. The van der Waals surface area contributed by atoms with Crippen LogP contribution in [-0.4, -0.2) is 59.6 Å². The molecule has 3 heterocycles. The number of para-hydroxylation sites is 1. The van der Waals surface area contributed by atoms with Gasteiger partial charge in [0.05, 0.1) is 25.0 Å². The van der Waals surface area contributed by atoms with Crippen LogP contribution in [0.1, 0.15) is 43.2 Å². The number of carbonyl (C=O) groups excluding carboxylic acids is 2. The largest absolute Gasteiger partial charge is 0.509 e. The zero-order valence-electron chi connectivity index (χ0n) is 23.5. The maximum absolute atomic E-state index is 13.3. The number of aliphatic hydroxyl groups excluding tert-OH is 1. The number of esters is 1. The van der Waals surface area contributed by atoms with Crippen LogP contribution in [0.25, 0.3) is 10.9 Å². The minimum Gasteiger partial charge on any atom is -0.509 e. The summed E-state index contributed by atoms with van der Waals surface area (Å²) in [6.07, 6.45) is 6.18. The Morgan fingerprint density at radius 1 is 1.15 bits per heavy atom. The summed E-state index contributed by atoms with van der Waals surface area (Å²) in [5.74, 6) is 0.882. The lowest BCUT2D eigenvalue weighted by molar-refractivity contribution is -0.145. The van der Waals surface area contributed by atoms with Gasteiger partial charge < -0.3 is 25.4 Å². The van der Waals surface area contributed by atoms with Gasteiger partial charge in [0, 0.05) is 36.6 Å². The molecule has 2 aliphatic heterocycles. The van der Waals surface area contributed by atoms with Gasteiger partial charge in [-0.3, -0.25) is 14.6 Å². The van der Waals surface area contributed by atoms with Gasteiger partial charge in [0.25, 0.3) is 0 Å². The molecule has 0 aliphatic carbocycles. The number of piperidine rings is 1. The minimum atomic E-state index is -0.228. The van der Waals surface area contributed by atoms with Gasteiger partial charge in [-0.15, -0.1) is 0 Å². The number of amides is 1. The van der Waals surface area contributed by atoms with E-state index in [4.69, 9.17) is 9.72 Å². The molecule has 214 valence electrons. The summed E-state index contributed by atoms with van der Waals surface area (Å²) in [5.41, 5.74) is 3.83. The topological polar surface area (TPSA) is 116 Å². The number of aromatic nitrogens is 1. The second kappa shape index (κ2) is 12.8.